The van der Waals surface area contributed by atoms with E-state index >= 15 is 0 Å². The van der Waals surface area contributed by atoms with Crippen LogP contribution in [-0.2, 0) is 118 Å². The van der Waals surface area contributed by atoms with E-state index < -0.39 is 67.1 Å². The summed E-state index contributed by atoms with van der Waals surface area (Å²) in [5, 5.41) is 18.2. The minimum atomic E-state index is -3.70. The third-order valence-corrected chi connectivity index (χ3v) is 16.2. The monoisotopic (exact) mass is 1610 g/mol. The first kappa shape index (κ1) is 101. The van der Waals surface area contributed by atoms with Crippen LogP contribution in [0, 0.1) is 18.3 Å². The molecule has 0 aliphatic rings. The van der Waals surface area contributed by atoms with Crippen molar-refractivity contribution >= 4 is 127 Å². The molecule has 0 saturated carbocycles. The minimum Gasteiger partial charge on any atom is -0.481 e. The van der Waals surface area contributed by atoms with Crippen LogP contribution in [0.25, 0.3) is 5.53 Å². The van der Waals surface area contributed by atoms with Gasteiger partial charge in [-0.05, 0) is 57.3 Å². The van der Waals surface area contributed by atoms with E-state index in [-0.39, 0.29) is 98.8 Å². The van der Waals surface area contributed by atoms with Crippen molar-refractivity contribution in [3.05, 3.63) is 293 Å². The lowest BCUT2D eigenvalue weighted by Gasteiger charge is -2.22. The maximum Gasteiger partial charge on any atom is 0.446 e. The third-order valence-electron chi connectivity index (χ3n) is 14.2. The Balaban J connectivity index is 0. The Bertz CT molecular complexity index is 3980. The van der Waals surface area contributed by atoms with Crippen LogP contribution >= 0.6 is 73.4 Å². The predicted molar refractivity (Wildman–Crippen MR) is 436 cm³/mol. The molecule has 0 radical (unpaired) electrons. The fourth-order valence-electron chi connectivity index (χ4n) is 8.80. The van der Waals surface area contributed by atoms with Gasteiger partial charge in [-0.15, -0.1) is 6.42 Å². The van der Waals surface area contributed by atoms with Gasteiger partial charge in [-0.3, -0.25) is 24.0 Å². The molecule has 25 nitrogen and oxygen atoms in total. The molecule has 0 saturated heterocycles. The number of carboxylic acid groups (broad SMARTS) is 1. The number of hydrogen-bond donors (Lipinski definition) is 5. The fraction of sp³-hybridized carbons (Fsp3) is 0.244. The Labute approximate surface area is 669 Å². The number of benzene rings is 8. The molecule has 0 fully saturated rings. The number of amides is 4. The number of likely N-dealkylation sites (N-methyl/N-ethyl adjacent to an activating group) is 1. The zero-order valence-corrected chi connectivity index (χ0v) is 66.6. The Kier molecular flexibility index (Phi) is 56.5. The number of rotatable bonds is 30. The SMILES string of the molecule is C#C[C@H](Cc1ccccc1)NC(=O)OCc1ccccc1.CNOCl.CON(C)C(=O)[C@H](Cc1ccccc1)NC(=O)OCc1ccccc1.COP(=O)(OC)C(=[N+]=[N-])C(C)=O.O=C(C[C@@H](Cc1ccccc1)C(=O)O)OCc1ccccc1.O=C[C@H](Cc1ccccc1)NC(=O)OCc1ccccc1.S.S.S.S. The molecule has 4 atom stereocenters. The van der Waals surface area contributed by atoms with Crippen molar-refractivity contribution in [2.45, 2.75) is 83.6 Å². The van der Waals surface area contributed by atoms with Gasteiger partial charge in [0.05, 0.1) is 43.4 Å². The lowest BCUT2D eigenvalue weighted by molar-refractivity contribution is -0.170. The molecular formula is C78H95ClN7O18PS4. The quantitative estimate of drug-likeness (QED) is 0.00321. The van der Waals surface area contributed by atoms with Crippen molar-refractivity contribution in [1.29, 1.82) is 0 Å². The topological polar surface area (TPSA) is 335 Å². The number of hydroxylamine groups is 3. The van der Waals surface area contributed by atoms with E-state index in [1.54, 1.807) is 7.05 Å². The van der Waals surface area contributed by atoms with Gasteiger partial charge < -0.3 is 59.4 Å². The zero-order valence-electron chi connectivity index (χ0n) is 61.0. The van der Waals surface area contributed by atoms with E-state index in [0.29, 0.717) is 25.7 Å². The molecular weight excluding hydrogens is 1520 g/mol. The largest absolute Gasteiger partial charge is 0.481 e. The summed E-state index contributed by atoms with van der Waals surface area (Å²) in [5.74, 6) is -0.705. The number of carboxylic acids is 1. The van der Waals surface area contributed by atoms with Crippen molar-refractivity contribution in [2.75, 3.05) is 35.4 Å². The second-order valence-corrected chi connectivity index (χ2v) is 24.2. The second-order valence-electron chi connectivity index (χ2n) is 21.9. The van der Waals surface area contributed by atoms with Gasteiger partial charge in [-0.25, -0.2) is 24.0 Å². The number of carbonyl (C=O) groups excluding carboxylic acids is 7. The Hall–Kier alpha value is -10.0. The predicted octanol–water partition coefficient (Wildman–Crippen LogP) is 12.9. The van der Waals surface area contributed by atoms with E-state index in [4.69, 9.17) is 35.7 Å². The summed E-state index contributed by atoms with van der Waals surface area (Å²) in [6.45, 7) is 1.81. The number of aldehydes is 1. The lowest BCUT2D eigenvalue weighted by Crippen LogP contribution is -2.48. The molecule has 4 amide bonds. The number of terminal acetylenes is 1. The summed E-state index contributed by atoms with van der Waals surface area (Å²) in [7, 11) is 2.96. The van der Waals surface area contributed by atoms with Crippen molar-refractivity contribution < 1.29 is 90.0 Å². The second kappa shape index (κ2) is 60.9. The molecule has 0 aliphatic carbocycles. The molecule has 31 heteroatoms. The standard InChI is InChI=1S/C19H22N2O4.C18H17NO2.C18H18O4.C17H17NO3.C5H9N2O4P.CH4ClNO.4H2S/c1-21(24-2)18(22)17(13-15-9-5-3-6-10-15)20-19(23)25-14-16-11-7-4-8-12-16;1-2-17(13-15-9-5-3-6-10-15)19-18(20)21-14-16-11-7-4-8-12-16;19-17(22-13-15-9-5-2-6-10-15)12-16(18(20)21)11-14-7-3-1-4-8-14;19-12-16(11-14-7-3-1-4-8-14)18-17(20)21-13-15-9-5-2-6-10-15;1-4(8)5(7-6)12(9,10-2)11-3;1-3-4-2;;;;/h3-12,17H,13-14H2,1-2H3,(H,20,23);1,3-12,17H,13-14H2,(H,19,20);1-10,16H,11-13H2,(H,20,21);1-10,12,16H,11,13H2,(H,18,20);1-3H3;3H,1H3;4*1H2/t2*17-;2*16-;;;;;;/m0110....../s1. The van der Waals surface area contributed by atoms with E-state index in [1.165, 1.54) is 14.2 Å². The number of nitrogens with zero attached hydrogens (tertiary/aromatic N) is 3. The number of esters is 1. The fourth-order valence-corrected chi connectivity index (χ4v) is 9.79. The number of halogens is 1. The van der Waals surface area contributed by atoms with Crippen molar-refractivity contribution in [3.63, 3.8) is 0 Å². The number of carbonyl (C=O) groups is 8. The van der Waals surface area contributed by atoms with Gasteiger partial charge in [0.25, 0.3) is 5.91 Å². The van der Waals surface area contributed by atoms with Crippen molar-refractivity contribution in [2.24, 2.45) is 5.92 Å². The van der Waals surface area contributed by atoms with Crippen molar-refractivity contribution in [3.8, 4) is 12.3 Å². The highest BCUT2D eigenvalue weighted by atomic mass is 35.5. The molecule has 0 unspecified atom stereocenters. The highest BCUT2D eigenvalue weighted by Crippen LogP contribution is 2.47. The highest BCUT2D eigenvalue weighted by Gasteiger charge is 2.42. The minimum absolute atomic E-state index is 0. The molecule has 109 heavy (non-hydrogen) atoms. The van der Waals surface area contributed by atoms with E-state index in [0.717, 1.165) is 77.0 Å². The highest BCUT2D eigenvalue weighted by molar-refractivity contribution is 7.74. The van der Waals surface area contributed by atoms with Crippen LogP contribution in [0.15, 0.2) is 243 Å². The Morgan fingerprint density at radius 1 is 0.523 bits per heavy atom. The molecule has 0 heterocycles. The number of aliphatic carboxylic acids is 1. The molecule has 8 aromatic rings. The number of ketones is 1. The first-order valence-electron chi connectivity index (χ1n) is 32.4. The van der Waals surface area contributed by atoms with E-state index in [1.807, 2.05) is 243 Å². The van der Waals surface area contributed by atoms with Crippen LogP contribution in [0.1, 0.15) is 57.9 Å². The van der Waals surface area contributed by atoms with Crippen LogP contribution in [-0.4, -0.2) is 122 Å². The van der Waals surface area contributed by atoms with Gasteiger partial charge >= 0.3 is 43.3 Å². The van der Waals surface area contributed by atoms with Gasteiger partial charge in [0.15, 0.2) is 0 Å². The zero-order chi connectivity index (χ0) is 76.9. The molecule has 0 bridgehead atoms. The van der Waals surface area contributed by atoms with Gasteiger partial charge in [0.1, 0.15) is 38.8 Å². The third kappa shape index (κ3) is 44.2. The van der Waals surface area contributed by atoms with Crippen LogP contribution in [0.2, 0.25) is 0 Å². The van der Waals surface area contributed by atoms with Gasteiger partial charge in [-0.1, -0.05) is 249 Å². The summed E-state index contributed by atoms with van der Waals surface area (Å²) >= 11 is 4.57. The first-order chi connectivity index (χ1) is 50.7. The number of hydrogen-bond acceptors (Lipinski definition) is 18. The summed E-state index contributed by atoms with van der Waals surface area (Å²) in [4.78, 5) is 100. The summed E-state index contributed by atoms with van der Waals surface area (Å²) in [6.07, 6.45) is 5.99. The number of alkyl carbamates (subject to hydrolysis) is 3. The summed E-state index contributed by atoms with van der Waals surface area (Å²) in [6, 6.07) is 73.8. The summed E-state index contributed by atoms with van der Waals surface area (Å²) in [5.41, 5.74) is 17.4. The number of nitrogens with one attached hydrogen (secondary N) is 4. The van der Waals surface area contributed by atoms with Gasteiger partial charge in [0.2, 0.25) is 5.78 Å². The Morgan fingerprint density at radius 3 is 1.13 bits per heavy atom. The normalized spacial score (nSPS) is 10.8. The van der Waals surface area contributed by atoms with Crippen LogP contribution in [0.3, 0.4) is 0 Å². The molecule has 586 valence electrons. The maximum absolute atomic E-state index is 12.4. The lowest BCUT2D eigenvalue weighted by atomic mass is 9.96. The molecule has 8 rings (SSSR count). The Morgan fingerprint density at radius 2 is 0.835 bits per heavy atom. The summed E-state index contributed by atoms with van der Waals surface area (Å²) < 4.78 is 44.6. The molecule has 5 N–H and O–H groups in total. The molecule has 0 aliphatic heterocycles. The van der Waals surface area contributed by atoms with Crippen LogP contribution in [0.5, 0.6) is 0 Å². The molecule has 0 spiro atoms. The molecule has 0 aromatic heterocycles. The first-order valence-corrected chi connectivity index (χ1v) is 34.2. The van der Waals surface area contributed by atoms with Crippen LogP contribution < -0.4 is 21.4 Å². The van der Waals surface area contributed by atoms with Gasteiger partial charge in [0, 0.05) is 48.1 Å². The van der Waals surface area contributed by atoms with E-state index in [9.17, 15) is 48.0 Å². The van der Waals surface area contributed by atoms with E-state index in [2.05, 4.69) is 57.4 Å². The number of ether oxygens (including phenoxy) is 4. The van der Waals surface area contributed by atoms with Crippen LogP contribution in [0.4, 0.5) is 14.4 Å². The van der Waals surface area contributed by atoms with Crippen molar-refractivity contribution in [1.82, 2.24) is 26.5 Å². The maximum atomic E-state index is 12.4. The molecule has 8 aromatic carbocycles. The average Bonchev–Trinajstić information content (AvgIpc) is 0.856. The number of Topliss-reactive ketones (excluding diaryl/α,β-unsaturated/α-hetero) is 1. The average molecular weight is 1610 g/mol. The smallest absolute Gasteiger partial charge is 0.446 e. The van der Waals surface area contributed by atoms with Gasteiger partial charge in [-0.2, -0.15) is 68.6 Å².